The summed E-state index contributed by atoms with van der Waals surface area (Å²) in [6.07, 6.45) is 0.993. The van der Waals surface area contributed by atoms with E-state index < -0.39 is 10.0 Å². The van der Waals surface area contributed by atoms with Crippen LogP contribution in [0.4, 0.5) is 0 Å². The summed E-state index contributed by atoms with van der Waals surface area (Å²) in [6.45, 7) is 0. The molecule has 0 saturated heterocycles. The summed E-state index contributed by atoms with van der Waals surface area (Å²) in [5.41, 5.74) is 0. The number of thiol groups is 1. The van der Waals surface area contributed by atoms with Crippen LogP contribution in [0.1, 0.15) is 0 Å². The third-order valence-electron chi connectivity index (χ3n) is 0.430. The summed E-state index contributed by atoms with van der Waals surface area (Å²) in [7, 11) is -3.42. The Morgan fingerprint density at radius 3 is 2.00 bits per heavy atom. The van der Waals surface area contributed by atoms with Crippen LogP contribution in [-0.2, 0) is 14.8 Å². The molecule has 0 aromatic heterocycles. The molecule has 0 aromatic carbocycles. The predicted molar refractivity (Wildman–Crippen MR) is 31.7 cm³/mol. The maximum Gasteiger partial charge on any atom is 0.243 e. The Bertz CT molecular complexity index is 172. The summed E-state index contributed by atoms with van der Waals surface area (Å²) in [4.78, 5) is 9.62. The summed E-state index contributed by atoms with van der Waals surface area (Å²) in [6, 6.07) is 0. The fourth-order valence-electron chi connectivity index (χ4n) is 0.0782. The smallest absolute Gasteiger partial charge is 0.243 e. The van der Waals surface area contributed by atoms with Crippen molar-refractivity contribution in [1.29, 1.82) is 0 Å². The lowest BCUT2D eigenvalue weighted by atomic mass is 11.5. The number of hydrogen-bond acceptors (Lipinski definition) is 4. The monoisotopic (exact) mass is 155 g/mol. The molecule has 0 rings (SSSR count). The van der Waals surface area contributed by atoms with Gasteiger partial charge in [0, 0.05) is 0 Å². The molecule has 0 aliphatic rings. The van der Waals surface area contributed by atoms with Crippen molar-refractivity contribution in [2.75, 3.05) is 6.26 Å². The van der Waals surface area contributed by atoms with Crippen molar-refractivity contribution in [2.24, 2.45) is 0 Å². The van der Waals surface area contributed by atoms with Crippen molar-refractivity contribution in [1.82, 2.24) is 3.71 Å². The normalized spacial score (nSPS) is 10.8. The molecule has 0 heterocycles. The molecule has 4 nitrogen and oxygen atoms in total. The maximum absolute atomic E-state index is 10.2. The zero-order valence-electron chi connectivity index (χ0n) is 4.10. The highest BCUT2D eigenvalue weighted by atomic mass is 32.3. The Hall–Kier alpha value is -0.230. The number of rotatable bonds is 2. The van der Waals surface area contributed by atoms with E-state index >= 15 is 0 Å². The molecule has 48 valence electrons. The molecule has 8 heavy (non-hydrogen) atoms. The third kappa shape index (κ3) is 2.17. The Morgan fingerprint density at radius 2 is 2.00 bits per heavy atom. The quantitative estimate of drug-likeness (QED) is 0.421. The molecule has 0 unspecified atom stereocenters. The van der Waals surface area contributed by atoms with Crippen LogP contribution in [0.5, 0.6) is 0 Å². The highest BCUT2D eigenvalue weighted by molar-refractivity contribution is 8.00. The van der Waals surface area contributed by atoms with Gasteiger partial charge in [0.1, 0.15) is 0 Å². The van der Waals surface area contributed by atoms with E-state index in [-0.39, 0.29) is 6.41 Å². The molecule has 6 heteroatoms. The first-order chi connectivity index (χ1) is 3.48. The number of hydrogen-bond donors (Lipinski definition) is 1. The van der Waals surface area contributed by atoms with E-state index in [0.717, 1.165) is 6.26 Å². The summed E-state index contributed by atoms with van der Waals surface area (Å²) < 4.78 is 20.7. The van der Waals surface area contributed by atoms with Gasteiger partial charge in [0.2, 0.25) is 16.4 Å². The van der Waals surface area contributed by atoms with Crippen molar-refractivity contribution in [2.45, 2.75) is 0 Å². The van der Waals surface area contributed by atoms with Gasteiger partial charge < -0.3 is 0 Å². The number of nitrogens with zero attached hydrogens (tertiary/aromatic N) is 1. The van der Waals surface area contributed by atoms with E-state index in [1.807, 2.05) is 0 Å². The first-order valence-electron chi connectivity index (χ1n) is 1.62. The van der Waals surface area contributed by atoms with E-state index in [2.05, 4.69) is 12.8 Å². The van der Waals surface area contributed by atoms with Gasteiger partial charge in [0.25, 0.3) is 0 Å². The van der Waals surface area contributed by atoms with Crippen LogP contribution in [0.15, 0.2) is 0 Å². The zero-order valence-corrected chi connectivity index (χ0v) is 5.82. The topological polar surface area (TPSA) is 54.5 Å². The van der Waals surface area contributed by atoms with Gasteiger partial charge in [-0.2, -0.15) is 3.71 Å². The van der Waals surface area contributed by atoms with Crippen LogP contribution < -0.4 is 0 Å². The second-order valence-electron chi connectivity index (χ2n) is 1.14. The van der Waals surface area contributed by atoms with E-state index in [9.17, 15) is 13.2 Å². The fraction of sp³-hybridized carbons (Fsp3) is 0.500. The van der Waals surface area contributed by atoms with Crippen LogP contribution in [-0.4, -0.2) is 24.8 Å². The molecule has 0 N–H and O–H groups in total. The molecular weight excluding hydrogens is 150 g/mol. The minimum absolute atomic E-state index is 0.110. The predicted octanol–water partition coefficient (Wildman–Crippen LogP) is -0.751. The van der Waals surface area contributed by atoms with E-state index in [1.165, 1.54) is 0 Å². The van der Waals surface area contributed by atoms with Crippen LogP contribution >= 0.6 is 12.8 Å². The standard InChI is InChI=1S/C2H5NO3S2/c1-8(5,6)3(7)2-4/h2,7H,1H3. The molecule has 0 radical (unpaired) electrons. The Labute approximate surface area is 53.1 Å². The van der Waals surface area contributed by atoms with Crippen molar-refractivity contribution in [3.05, 3.63) is 0 Å². The summed E-state index contributed by atoms with van der Waals surface area (Å²) >= 11 is 3.29. The largest absolute Gasteiger partial charge is 0.277 e. The van der Waals surface area contributed by atoms with Gasteiger partial charge >= 0.3 is 0 Å². The number of sulfonamides is 1. The molecule has 0 spiro atoms. The van der Waals surface area contributed by atoms with E-state index in [0.29, 0.717) is 3.71 Å². The second kappa shape index (κ2) is 2.36. The minimum Gasteiger partial charge on any atom is -0.277 e. The van der Waals surface area contributed by atoms with Crippen molar-refractivity contribution >= 4 is 29.2 Å². The molecule has 0 aliphatic heterocycles. The van der Waals surface area contributed by atoms with Gasteiger partial charge in [0.15, 0.2) is 0 Å². The van der Waals surface area contributed by atoms with E-state index in [1.54, 1.807) is 0 Å². The average molecular weight is 155 g/mol. The van der Waals surface area contributed by atoms with Crippen molar-refractivity contribution in [3.8, 4) is 0 Å². The van der Waals surface area contributed by atoms with E-state index in [4.69, 9.17) is 0 Å². The number of amides is 1. The molecule has 0 bridgehead atoms. The number of carbonyl (C=O) groups is 1. The van der Waals surface area contributed by atoms with Crippen LogP contribution in [0.25, 0.3) is 0 Å². The maximum atomic E-state index is 10.2. The lowest BCUT2D eigenvalue weighted by molar-refractivity contribution is -0.111. The molecule has 0 saturated carbocycles. The lowest BCUT2D eigenvalue weighted by Gasteiger charge is -2.02. The molecule has 0 aromatic rings. The minimum atomic E-state index is -3.42. The first-order valence-corrected chi connectivity index (χ1v) is 3.87. The average Bonchev–Trinajstić information content (AvgIpc) is 1.62. The Morgan fingerprint density at radius 1 is 1.62 bits per heavy atom. The Balaban J connectivity index is 4.26. The fourth-order valence-corrected chi connectivity index (χ4v) is 0.235. The third-order valence-corrected chi connectivity index (χ3v) is 2.18. The molecule has 0 fully saturated rings. The highest BCUT2D eigenvalue weighted by Crippen LogP contribution is 1.94. The van der Waals surface area contributed by atoms with Crippen LogP contribution in [0.3, 0.4) is 0 Å². The Kier molecular flexibility index (Phi) is 2.29. The SMILES string of the molecule is CS(=O)(=O)N(S)C=O. The van der Waals surface area contributed by atoms with Gasteiger partial charge in [-0.15, -0.1) is 0 Å². The van der Waals surface area contributed by atoms with Crippen molar-refractivity contribution in [3.63, 3.8) is 0 Å². The highest BCUT2D eigenvalue weighted by Gasteiger charge is 2.06. The van der Waals surface area contributed by atoms with Crippen LogP contribution in [0.2, 0.25) is 0 Å². The number of carbonyl (C=O) groups excluding carboxylic acids is 1. The molecule has 1 amide bonds. The summed E-state index contributed by atoms with van der Waals surface area (Å²) in [5, 5.41) is 0. The van der Waals surface area contributed by atoms with Gasteiger partial charge in [0.05, 0.1) is 6.26 Å². The van der Waals surface area contributed by atoms with Gasteiger partial charge in [-0.1, -0.05) is 0 Å². The van der Waals surface area contributed by atoms with Crippen LogP contribution in [0, 0.1) is 0 Å². The molecule has 0 aliphatic carbocycles. The molecule has 0 atom stereocenters. The first kappa shape index (κ1) is 7.77. The van der Waals surface area contributed by atoms with Gasteiger partial charge in [-0.25, -0.2) is 8.42 Å². The second-order valence-corrected chi connectivity index (χ2v) is 3.70. The summed E-state index contributed by atoms with van der Waals surface area (Å²) in [5.74, 6) is 0. The van der Waals surface area contributed by atoms with Gasteiger partial charge in [-0.3, -0.25) is 4.79 Å². The van der Waals surface area contributed by atoms with Gasteiger partial charge in [-0.05, 0) is 12.8 Å². The zero-order chi connectivity index (χ0) is 6.78. The van der Waals surface area contributed by atoms with Crippen molar-refractivity contribution < 1.29 is 13.2 Å². The lowest BCUT2D eigenvalue weighted by Crippen LogP contribution is -2.17. The molecular formula is C2H5NO3S2.